The van der Waals surface area contributed by atoms with Crippen LogP contribution in [0, 0.1) is 11.2 Å². The second-order valence-electron chi connectivity index (χ2n) is 11.3. The summed E-state index contributed by atoms with van der Waals surface area (Å²) in [5.41, 5.74) is -4.05. The smallest absolute Gasteiger partial charge is 0.433 e. The Kier molecular flexibility index (Phi) is 9.82. The molecule has 1 aromatic carbocycles. The molecule has 0 radical (unpaired) electrons. The molecule has 1 aromatic heterocycles. The summed E-state index contributed by atoms with van der Waals surface area (Å²) in [4.78, 5) is 39.2. The van der Waals surface area contributed by atoms with Gasteiger partial charge in [-0.15, -0.1) is 0 Å². The van der Waals surface area contributed by atoms with Crippen LogP contribution in [-0.4, -0.2) is 62.7 Å². The zero-order valence-corrected chi connectivity index (χ0v) is 24.5. The molecule has 3 rings (SSSR count). The van der Waals surface area contributed by atoms with Gasteiger partial charge >= 0.3 is 12.1 Å². The van der Waals surface area contributed by atoms with E-state index < -0.39 is 64.5 Å². The fraction of sp³-hybridized carbons (Fsp3) is 0.556. The number of carboxylic acids is 1. The molecule has 1 amide bonds. The van der Waals surface area contributed by atoms with Crippen LogP contribution < -0.4 is 0 Å². The molecule has 1 N–H and O–H groups in total. The van der Waals surface area contributed by atoms with Crippen LogP contribution >= 0.6 is 23.2 Å². The van der Waals surface area contributed by atoms with E-state index in [0.717, 1.165) is 27.9 Å². The summed E-state index contributed by atoms with van der Waals surface area (Å²) < 4.78 is 63.2. The normalized spacial score (nSPS) is 19.7. The van der Waals surface area contributed by atoms with Crippen LogP contribution in [0.25, 0.3) is 0 Å². The molecule has 1 saturated carbocycles. The van der Waals surface area contributed by atoms with Crippen molar-refractivity contribution in [2.75, 3.05) is 19.7 Å². The van der Waals surface area contributed by atoms with Gasteiger partial charge < -0.3 is 14.7 Å². The second-order valence-corrected chi connectivity index (χ2v) is 12.1. The maximum Gasteiger partial charge on any atom is 0.433 e. The maximum atomic E-state index is 14.4. The highest BCUT2D eigenvalue weighted by molar-refractivity contribution is 6.40. The second kappa shape index (κ2) is 12.3. The summed E-state index contributed by atoms with van der Waals surface area (Å²) in [6.45, 7) is 5.68. The van der Waals surface area contributed by atoms with Crippen molar-refractivity contribution in [2.45, 2.75) is 71.2 Å². The number of hydrogen-bond acceptors (Lipinski definition) is 5. The monoisotopic (exact) mass is 623 g/mol. The van der Waals surface area contributed by atoms with Gasteiger partial charge in [-0.1, -0.05) is 23.2 Å². The lowest BCUT2D eigenvalue weighted by Crippen LogP contribution is -2.40. The molecule has 1 fully saturated rings. The Bertz CT molecular complexity index is 1290. The molecule has 14 heteroatoms. The van der Waals surface area contributed by atoms with Gasteiger partial charge in [0.15, 0.2) is 11.5 Å². The standard InChI is InChI=1S/C27H31Cl2F4N3O5/c1-25(2,3)41-10-9-35(14-20(37)21-18(28)11-15(30)12-19(21)29)23(38)17-13-34-36(22(17)27(31,32)33)16-5-7-26(4,8-6-16)24(39)40/h11-13,16H,5-10,14H2,1-4H3,(H,39,40)/t16-,26-. The number of amides is 1. The fourth-order valence-electron chi connectivity index (χ4n) is 4.72. The highest BCUT2D eigenvalue weighted by Crippen LogP contribution is 2.43. The van der Waals surface area contributed by atoms with Crippen molar-refractivity contribution < 1.29 is 41.8 Å². The number of carboxylic acid groups (broad SMARTS) is 1. The zero-order valence-electron chi connectivity index (χ0n) is 22.9. The zero-order chi connectivity index (χ0) is 30.9. The van der Waals surface area contributed by atoms with Crippen molar-refractivity contribution in [3.05, 3.63) is 51.0 Å². The van der Waals surface area contributed by atoms with Crippen molar-refractivity contribution in [1.82, 2.24) is 14.7 Å². The van der Waals surface area contributed by atoms with Gasteiger partial charge in [-0.3, -0.25) is 19.1 Å². The van der Waals surface area contributed by atoms with Gasteiger partial charge in [-0.05, 0) is 65.5 Å². The third-order valence-corrected chi connectivity index (χ3v) is 7.62. The Morgan fingerprint density at radius 3 is 2.20 bits per heavy atom. The van der Waals surface area contributed by atoms with Crippen molar-refractivity contribution in [3.8, 4) is 0 Å². The summed E-state index contributed by atoms with van der Waals surface area (Å²) in [5, 5.41) is 12.7. The number of ketones is 1. The molecule has 0 bridgehead atoms. The topological polar surface area (TPSA) is 102 Å². The van der Waals surface area contributed by atoms with E-state index in [0.29, 0.717) is 0 Å². The number of ether oxygens (including phenoxy) is 1. The number of Topliss-reactive ketones (excluding diaryl/α,β-unsaturated/α-hetero) is 1. The number of alkyl halides is 3. The Morgan fingerprint density at radius 2 is 1.71 bits per heavy atom. The molecular formula is C27H31Cl2F4N3O5. The Balaban J connectivity index is 1.96. The summed E-state index contributed by atoms with van der Waals surface area (Å²) in [6, 6.07) is 0.943. The third kappa shape index (κ3) is 7.78. The van der Waals surface area contributed by atoms with E-state index in [2.05, 4.69) is 5.10 Å². The third-order valence-electron chi connectivity index (χ3n) is 7.02. The van der Waals surface area contributed by atoms with Gasteiger partial charge in [0.05, 0.1) is 57.6 Å². The van der Waals surface area contributed by atoms with Gasteiger partial charge in [0.2, 0.25) is 0 Å². The number of nitrogens with zero attached hydrogens (tertiary/aromatic N) is 3. The molecule has 41 heavy (non-hydrogen) atoms. The molecule has 0 unspecified atom stereocenters. The van der Waals surface area contributed by atoms with E-state index >= 15 is 0 Å². The Morgan fingerprint density at radius 1 is 1.15 bits per heavy atom. The molecule has 226 valence electrons. The molecular weight excluding hydrogens is 593 g/mol. The van der Waals surface area contributed by atoms with E-state index in [-0.39, 0.29) is 54.4 Å². The van der Waals surface area contributed by atoms with Crippen LogP contribution in [0.3, 0.4) is 0 Å². The van der Waals surface area contributed by atoms with Crippen LogP contribution in [0.2, 0.25) is 10.0 Å². The number of aromatic nitrogens is 2. The van der Waals surface area contributed by atoms with Crippen LogP contribution in [0.4, 0.5) is 17.6 Å². The van der Waals surface area contributed by atoms with Gasteiger partial charge in [0.1, 0.15) is 5.82 Å². The number of carbonyl (C=O) groups is 3. The van der Waals surface area contributed by atoms with E-state index in [4.69, 9.17) is 27.9 Å². The number of aliphatic carboxylic acids is 1. The minimum atomic E-state index is -4.99. The first-order valence-electron chi connectivity index (χ1n) is 12.8. The summed E-state index contributed by atoms with van der Waals surface area (Å²) in [7, 11) is 0. The molecule has 0 atom stereocenters. The van der Waals surface area contributed by atoms with Gasteiger partial charge in [0, 0.05) is 6.54 Å². The maximum absolute atomic E-state index is 14.4. The summed E-state index contributed by atoms with van der Waals surface area (Å²) in [5.74, 6) is -3.76. The van der Waals surface area contributed by atoms with Crippen molar-refractivity contribution in [3.63, 3.8) is 0 Å². The molecule has 0 spiro atoms. The first kappa shape index (κ1) is 32.8. The van der Waals surface area contributed by atoms with Gasteiger partial charge in [-0.2, -0.15) is 18.3 Å². The average Bonchev–Trinajstić information content (AvgIpc) is 3.28. The molecule has 2 aromatic rings. The van der Waals surface area contributed by atoms with Crippen LogP contribution in [0.15, 0.2) is 18.3 Å². The average molecular weight is 624 g/mol. The largest absolute Gasteiger partial charge is 0.481 e. The van der Waals surface area contributed by atoms with Crippen LogP contribution in [-0.2, 0) is 15.7 Å². The number of halogens is 6. The first-order valence-corrected chi connectivity index (χ1v) is 13.6. The molecule has 1 heterocycles. The minimum Gasteiger partial charge on any atom is -0.481 e. The molecule has 8 nitrogen and oxygen atoms in total. The van der Waals surface area contributed by atoms with E-state index in [1.807, 2.05) is 0 Å². The SMILES string of the molecule is CC(C)(C)OCCN(CC(=O)c1c(Cl)cc(F)cc1Cl)C(=O)c1cnn([C@H]2CC[C@](C)(C(=O)O)CC2)c1C(F)(F)F. The number of hydrogen-bond donors (Lipinski definition) is 1. The van der Waals surface area contributed by atoms with E-state index in [1.165, 1.54) is 0 Å². The van der Waals surface area contributed by atoms with E-state index in [9.17, 15) is 37.1 Å². The fourth-order valence-corrected chi connectivity index (χ4v) is 5.39. The van der Waals surface area contributed by atoms with Crippen molar-refractivity contribution >= 4 is 40.9 Å². The molecule has 0 aliphatic heterocycles. The summed E-state index contributed by atoms with van der Waals surface area (Å²) in [6.07, 6.45) is -3.68. The lowest BCUT2D eigenvalue weighted by Gasteiger charge is -2.34. The minimum absolute atomic E-state index is 0.112. The van der Waals surface area contributed by atoms with Gasteiger partial charge in [0.25, 0.3) is 5.91 Å². The molecule has 1 aliphatic rings. The Labute approximate surface area is 244 Å². The predicted octanol–water partition coefficient (Wildman–Crippen LogP) is 6.69. The lowest BCUT2D eigenvalue weighted by atomic mass is 9.74. The highest BCUT2D eigenvalue weighted by Gasteiger charge is 2.45. The first-order chi connectivity index (χ1) is 18.8. The molecule has 1 aliphatic carbocycles. The van der Waals surface area contributed by atoms with Crippen molar-refractivity contribution in [2.24, 2.45) is 5.41 Å². The number of carbonyl (C=O) groups excluding carboxylic acids is 2. The predicted molar refractivity (Wildman–Crippen MR) is 143 cm³/mol. The number of rotatable bonds is 9. The quantitative estimate of drug-likeness (QED) is 0.246. The summed E-state index contributed by atoms with van der Waals surface area (Å²) >= 11 is 12.0. The highest BCUT2D eigenvalue weighted by atomic mass is 35.5. The van der Waals surface area contributed by atoms with Crippen molar-refractivity contribution in [1.29, 1.82) is 0 Å². The Hall–Kier alpha value is -2.70. The molecule has 0 saturated heterocycles. The van der Waals surface area contributed by atoms with E-state index in [1.54, 1.807) is 27.7 Å². The van der Waals surface area contributed by atoms with Gasteiger partial charge in [-0.25, -0.2) is 4.39 Å². The lowest BCUT2D eigenvalue weighted by molar-refractivity contribution is -0.152. The van der Waals surface area contributed by atoms with Crippen LogP contribution in [0.5, 0.6) is 0 Å². The number of benzene rings is 1. The van der Waals surface area contributed by atoms with Crippen LogP contribution in [0.1, 0.15) is 85.8 Å².